The fourth-order valence-electron chi connectivity index (χ4n) is 2.38. The predicted molar refractivity (Wildman–Crippen MR) is 73.6 cm³/mol. The molecule has 6 nitrogen and oxygen atoms in total. The number of hydrogen-bond donors (Lipinski definition) is 2. The molecule has 3 N–H and O–H groups in total. The lowest BCUT2D eigenvalue weighted by Crippen LogP contribution is -2.47. The van der Waals surface area contributed by atoms with Gasteiger partial charge in [0.05, 0.1) is 5.60 Å². The van der Waals surface area contributed by atoms with Crippen LogP contribution in [0.15, 0.2) is 23.5 Å². The standard InChI is InChI=1S/C13H20N4O2/c1-13(19-2)5-3-7-17(9-13)11-8-10(4-6-15-11)12(14)16-18/h4,6,8,18H,3,5,7,9H2,1-2H3,(H2,14,16). The van der Waals surface area contributed by atoms with E-state index in [1.807, 2.05) is 6.07 Å². The van der Waals surface area contributed by atoms with Gasteiger partial charge in [-0.15, -0.1) is 0 Å². The van der Waals surface area contributed by atoms with Crippen molar-refractivity contribution >= 4 is 11.7 Å². The van der Waals surface area contributed by atoms with Crippen LogP contribution in [0.2, 0.25) is 0 Å². The van der Waals surface area contributed by atoms with Crippen molar-refractivity contribution in [3.8, 4) is 0 Å². The van der Waals surface area contributed by atoms with E-state index in [-0.39, 0.29) is 11.4 Å². The van der Waals surface area contributed by atoms with E-state index in [0.29, 0.717) is 5.56 Å². The number of nitrogens with two attached hydrogens (primary N) is 1. The van der Waals surface area contributed by atoms with Crippen LogP contribution in [0.3, 0.4) is 0 Å². The second-order valence-corrected chi connectivity index (χ2v) is 5.07. The molecule has 0 spiro atoms. The van der Waals surface area contributed by atoms with Gasteiger partial charge < -0.3 is 20.6 Å². The maximum Gasteiger partial charge on any atom is 0.170 e. The van der Waals surface area contributed by atoms with Crippen molar-refractivity contribution in [3.05, 3.63) is 23.9 Å². The van der Waals surface area contributed by atoms with E-state index in [0.717, 1.165) is 31.7 Å². The Kier molecular flexibility index (Phi) is 3.90. The Bertz CT molecular complexity index is 477. The molecule has 0 radical (unpaired) electrons. The fourth-order valence-corrected chi connectivity index (χ4v) is 2.38. The molecule has 2 heterocycles. The van der Waals surface area contributed by atoms with E-state index in [9.17, 15) is 0 Å². The number of pyridine rings is 1. The fraction of sp³-hybridized carbons (Fsp3) is 0.538. The van der Waals surface area contributed by atoms with Crippen LogP contribution in [-0.2, 0) is 4.74 Å². The molecule has 2 rings (SSSR count). The number of nitrogens with zero attached hydrogens (tertiary/aromatic N) is 3. The largest absolute Gasteiger partial charge is 0.409 e. The lowest BCUT2D eigenvalue weighted by Gasteiger charge is -2.40. The monoisotopic (exact) mass is 264 g/mol. The van der Waals surface area contributed by atoms with Gasteiger partial charge in [-0.05, 0) is 31.9 Å². The summed E-state index contributed by atoms with van der Waals surface area (Å²) in [6.07, 6.45) is 3.77. The molecule has 0 bridgehead atoms. The second kappa shape index (κ2) is 5.44. The van der Waals surface area contributed by atoms with Crippen molar-refractivity contribution < 1.29 is 9.94 Å². The molecule has 1 saturated heterocycles. The highest BCUT2D eigenvalue weighted by Crippen LogP contribution is 2.27. The summed E-state index contributed by atoms with van der Waals surface area (Å²) in [6.45, 7) is 3.83. The minimum Gasteiger partial charge on any atom is -0.409 e. The van der Waals surface area contributed by atoms with E-state index in [1.54, 1.807) is 19.4 Å². The molecular formula is C13H20N4O2. The minimum atomic E-state index is -0.146. The maximum absolute atomic E-state index is 8.72. The molecule has 1 aromatic rings. The van der Waals surface area contributed by atoms with Crippen LogP contribution in [0.5, 0.6) is 0 Å². The third-order valence-electron chi connectivity index (χ3n) is 3.62. The van der Waals surface area contributed by atoms with E-state index >= 15 is 0 Å². The molecule has 6 heteroatoms. The average molecular weight is 264 g/mol. The van der Waals surface area contributed by atoms with E-state index in [1.165, 1.54) is 0 Å². The Hall–Kier alpha value is -1.82. The number of oxime groups is 1. The molecule has 19 heavy (non-hydrogen) atoms. The van der Waals surface area contributed by atoms with Crippen molar-refractivity contribution in [2.75, 3.05) is 25.1 Å². The number of methoxy groups -OCH3 is 1. The zero-order valence-electron chi connectivity index (χ0n) is 11.3. The van der Waals surface area contributed by atoms with Crippen LogP contribution < -0.4 is 10.6 Å². The molecule has 1 aliphatic rings. The first-order valence-electron chi connectivity index (χ1n) is 6.32. The molecule has 0 saturated carbocycles. The third kappa shape index (κ3) is 2.96. The summed E-state index contributed by atoms with van der Waals surface area (Å²) >= 11 is 0. The first-order valence-corrected chi connectivity index (χ1v) is 6.32. The van der Waals surface area contributed by atoms with Crippen LogP contribution in [0.4, 0.5) is 5.82 Å². The van der Waals surface area contributed by atoms with Crippen LogP contribution >= 0.6 is 0 Å². The van der Waals surface area contributed by atoms with Crippen LogP contribution in [0, 0.1) is 0 Å². The average Bonchev–Trinajstić information content (AvgIpc) is 2.46. The van der Waals surface area contributed by atoms with E-state index < -0.39 is 0 Å². The van der Waals surface area contributed by atoms with Gasteiger partial charge in [0.25, 0.3) is 0 Å². The minimum absolute atomic E-state index is 0.0927. The Labute approximate surface area is 112 Å². The van der Waals surface area contributed by atoms with Crippen molar-refractivity contribution in [1.29, 1.82) is 0 Å². The molecule has 0 aliphatic carbocycles. The van der Waals surface area contributed by atoms with Gasteiger partial charge in [0.1, 0.15) is 5.82 Å². The molecule has 104 valence electrons. The summed E-state index contributed by atoms with van der Waals surface area (Å²) in [5, 5.41) is 11.7. The van der Waals surface area contributed by atoms with Gasteiger partial charge >= 0.3 is 0 Å². The smallest absolute Gasteiger partial charge is 0.170 e. The topological polar surface area (TPSA) is 84.0 Å². The molecular weight excluding hydrogens is 244 g/mol. The first kappa shape index (κ1) is 13.6. The summed E-state index contributed by atoms with van der Waals surface area (Å²) in [7, 11) is 1.74. The summed E-state index contributed by atoms with van der Waals surface area (Å²) in [5.41, 5.74) is 6.12. The zero-order valence-corrected chi connectivity index (χ0v) is 11.3. The van der Waals surface area contributed by atoms with Gasteiger partial charge in [-0.3, -0.25) is 0 Å². The number of hydrogen-bond acceptors (Lipinski definition) is 5. The Morgan fingerprint density at radius 1 is 1.63 bits per heavy atom. The number of ether oxygens (including phenoxy) is 1. The Balaban J connectivity index is 2.22. The van der Waals surface area contributed by atoms with Gasteiger partial charge in [0, 0.05) is 32.0 Å². The molecule has 1 aliphatic heterocycles. The highest BCUT2D eigenvalue weighted by Gasteiger charge is 2.31. The number of piperidine rings is 1. The van der Waals surface area contributed by atoms with Gasteiger partial charge in [-0.1, -0.05) is 5.16 Å². The van der Waals surface area contributed by atoms with E-state index in [2.05, 4.69) is 22.0 Å². The van der Waals surface area contributed by atoms with Crippen molar-refractivity contribution in [3.63, 3.8) is 0 Å². The molecule has 1 aromatic heterocycles. The Morgan fingerprint density at radius 2 is 2.42 bits per heavy atom. The number of rotatable bonds is 3. The summed E-state index contributed by atoms with van der Waals surface area (Å²) in [4.78, 5) is 6.53. The van der Waals surface area contributed by atoms with Crippen molar-refractivity contribution in [2.45, 2.75) is 25.4 Å². The lowest BCUT2D eigenvalue weighted by atomic mass is 9.95. The highest BCUT2D eigenvalue weighted by atomic mass is 16.5. The number of aromatic nitrogens is 1. The van der Waals surface area contributed by atoms with Gasteiger partial charge in [0.2, 0.25) is 0 Å². The summed E-state index contributed by atoms with van der Waals surface area (Å²) in [6, 6.07) is 3.55. The van der Waals surface area contributed by atoms with Crippen molar-refractivity contribution in [1.82, 2.24) is 4.98 Å². The second-order valence-electron chi connectivity index (χ2n) is 5.07. The molecule has 1 unspecified atom stereocenters. The third-order valence-corrected chi connectivity index (χ3v) is 3.62. The summed E-state index contributed by atoms with van der Waals surface area (Å²) < 4.78 is 5.57. The van der Waals surface area contributed by atoms with Crippen LogP contribution in [0.1, 0.15) is 25.3 Å². The first-order chi connectivity index (χ1) is 9.08. The molecule has 1 fully saturated rings. The number of anilines is 1. The molecule has 1 atom stereocenters. The summed E-state index contributed by atoms with van der Waals surface area (Å²) in [5.74, 6) is 0.919. The predicted octanol–water partition coefficient (Wildman–Crippen LogP) is 1.18. The van der Waals surface area contributed by atoms with Gasteiger partial charge in [-0.2, -0.15) is 0 Å². The van der Waals surface area contributed by atoms with Gasteiger partial charge in [-0.25, -0.2) is 4.98 Å². The normalized spacial score (nSPS) is 24.5. The SMILES string of the molecule is COC1(C)CCCN(c2cc(/C(N)=N/O)ccn2)C1. The van der Waals surface area contributed by atoms with Crippen LogP contribution in [-0.4, -0.2) is 41.8 Å². The zero-order chi connectivity index (χ0) is 13.9. The Morgan fingerprint density at radius 3 is 3.11 bits per heavy atom. The van der Waals surface area contributed by atoms with Crippen LogP contribution in [0.25, 0.3) is 0 Å². The molecule has 0 aromatic carbocycles. The lowest BCUT2D eigenvalue weighted by molar-refractivity contribution is -0.00481. The maximum atomic E-state index is 8.72. The quantitative estimate of drug-likeness (QED) is 0.371. The van der Waals surface area contributed by atoms with Crippen molar-refractivity contribution in [2.24, 2.45) is 10.9 Å². The highest BCUT2D eigenvalue weighted by molar-refractivity contribution is 5.97. The molecule has 0 amide bonds. The number of amidine groups is 1. The van der Waals surface area contributed by atoms with Gasteiger partial charge in [0.15, 0.2) is 5.84 Å². The van der Waals surface area contributed by atoms with E-state index in [4.69, 9.17) is 15.7 Å².